The third kappa shape index (κ3) is 4.79. The largest absolute Gasteiger partial charge is 0.366 e. The molecule has 1 aliphatic heterocycles. The van der Waals surface area contributed by atoms with Crippen LogP contribution in [0.2, 0.25) is 0 Å². The van der Waals surface area contributed by atoms with E-state index in [-0.39, 0.29) is 17.7 Å². The number of hydrogen-bond donors (Lipinski definition) is 3. The number of aliphatic hydroxyl groups is 1. The fourth-order valence-electron chi connectivity index (χ4n) is 2.77. The van der Waals surface area contributed by atoms with Crippen LogP contribution in [0.25, 0.3) is 0 Å². The molecule has 0 bridgehead atoms. The highest BCUT2D eigenvalue weighted by Gasteiger charge is 2.31. The van der Waals surface area contributed by atoms with E-state index in [0.29, 0.717) is 25.0 Å². The molecule has 24 heavy (non-hydrogen) atoms. The maximum atomic E-state index is 12.5. The fraction of sp³-hybridized carbons (Fsp3) is 0.556. The van der Waals surface area contributed by atoms with Crippen LogP contribution in [0.1, 0.15) is 42.6 Å². The van der Waals surface area contributed by atoms with E-state index in [2.05, 4.69) is 10.6 Å². The number of carbonyl (C=O) groups is 2. The van der Waals surface area contributed by atoms with Crippen LogP contribution in [0.4, 0.5) is 0 Å². The van der Waals surface area contributed by atoms with Gasteiger partial charge in [-0.1, -0.05) is 32.0 Å². The Kier molecular flexibility index (Phi) is 6.34. The van der Waals surface area contributed by atoms with E-state index in [1.165, 1.54) is 0 Å². The van der Waals surface area contributed by atoms with Crippen LogP contribution in [0.5, 0.6) is 0 Å². The summed E-state index contributed by atoms with van der Waals surface area (Å²) in [6, 6.07) is 6.19. The normalized spacial score (nSPS) is 21.5. The van der Waals surface area contributed by atoms with Gasteiger partial charge in [-0.05, 0) is 37.3 Å². The number of carbonyl (C=O) groups excluding carboxylic acids is 2. The van der Waals surface area contributed by atoms with Crippen molar-refractivity contribution in [3.63, 3.8) is 0 Å². The Bertz CT molecular complexity index is 588. The standard InChI is InChI=1S/C18H26N2O4/c1-11(2)10-15(17(22)19-14-8-9-24-18(14)23)20-16(21)13-7-5-4-6-12(13)3/h4-7,11,14-15,18,23H,8-10H2,1-3H3,(H,19,22)(H,20,21). The molecule has 2 rings (SSSR count). The van der Waals surface area contributed by atoms with E-state index in [1.54, 1.807) is 12.1 Å². The highest BCUT2D eigenvalue weighted by atomic mass is 16.6. The van der Waals surface area contributed by atoms with Crippen molar-refractivity contribution in [2.45, 2.75) is 52.0 Å². The first-order valence-electron chi connectivity index (χ1n) is 8.35. The molecular formula is C18H26N2O4. The molecule has 3 N–H and O–H groups in total. The lowest BCUT2D eigenvalue weighted by molar-refractivity contribution is -0.127. The van der Waals surface area contributed by atoms with E-state index >= 15 is 0 Å². The minimum Gasteiger partial charge on any atom is -0.366 e. The van der Waals surface area contributed by atoms with Gasteiger partial charge in [0.1, 0.15) is 6.04 Å². The van der Waals surface area contributed by atoms with Gasteiger partial charge < -0.3 is 20.5 Å². The van der Waals surface area contributed by atoms with Crippen molar-refractivity contribution in [1.82, 2.24) is 10.6 Å². The molecule has 1 fully saturated rings. The minimum absolute atomic E-state index is 0.239. The lowest BCUT2D eigenvalue weighted by Crippen LogP contribution is -2.51. The summed E-state index contributed by atoms with van der Waals surface area (Å²) in [4.78, 5) is 25.0. The molecule has 1 aliphatic rings. The molecule has 0 spiro atoms. The molecule has 1 aromatic carbocycles. The molecule has 0 saturated carbocycles. The Morgan fingerprint density at radius 3 is 2.62 bits per heavy atom. The second kappa shape index (κ2) is 8.26. The van der Waals surface area contributed by atoms with Crippen molar-refractivity contribution in [3.05, 3.63) is 35.4 Å². The van der Waals surface area contributed by atoms with Gasteiger partial charge >= 0.3 is 0 Å². The lowest BCUT2D eigenvalue weighted by atomic mass is 10.0. The summed E-state index contributed by atoms with van der Waals surface area (Å²) in [5.41, 5.74) is 1.42. The van der Waals surface area contributed by atoms with Crippen LogP contribution in [0, 0.1) is 12.8 Å². The summed E-state index contributed by atoms with van der Waals surface area (Å²) in [6.45, 7) is 6.26. The summed E-state index contributed by atoms with van der Waals surface area (Å²) < 4.78 is 5.05. The monoisotopic (exact) mass is 334 g/mol. The van der Waals surface area contributed by atoms with E-state index in [9.17, 15) is 14.7 Å². The topological polar surface area (TPSA) is 87.7 Å². The minimum atomic E-state index is -0.985. The summed E-state index contributed by atoms with van der Waals surface area (Å²) in [5.74, 6) is -0.319. The maximum Gasteiger partial charge on any atom is 0.252 e. The van der Waals surface area contributed by atoms with Crippen LogP contribution < -0.4 is 10.6 Å². The molecule has 3 unspecified atom stereocenters. The molecule has 132 valence electrons. The van der Waals surface area contributed by atoms with Gasteiger partial charge in [0.2, 0.25) is 5.91 Å². The van der Waals surface area contributed by atoms with E-state index in [4.69, 9.17) is 4.74 Å². The van der Waals surface area contributed by atoms with Crippen molar-refractivity contribution in [1.29, 1.82) is 0 Å². The number of ether oxygens (including phenoxy) is 1. The molecular weight excluding hydrogens is 308 g/mol. The second-order valence-corrected chi connectivity index (χ2v) is 6.64. The van der Waals surface area contributed by atoms with Crippen LogP contribution >= 0.6 is 0 Å². The van der Waals surface area contributed by atoms with Crippen molar-refractivity contribution in [2.75, 3.05) is 6.61 Å². The van der Waals surface area contributed by atoms with Gasteiger partial charge in [0.05, 0.1) is 12.6 Å². The van der Waals surface area contributed by atoms with Gasteiger partial charge in [-0.15, -0.1) is 0 Å². The van der Waals surface area contributed by atoms with Gasteiger partial charge in [0.25, 0.3) is 5.91 Å². The molecule has 0 radical (unpaired) electrons. The number of nitrogens with one attached hydrogen (secondary N) is 2. The highest BCUT2D eigenvalue weighted by molar-refractivity contribution is 5.98. The average molecular weight is 334 g/mol. The van der Waals surface area contributed by atoms with Gasteiger partial charge in [-0.3, -0.25) is 9.59 Å². The van der Waals surface area contributed by atoms with E-state index in [1.807, 2.05) is 32.9 Å². The SMILES string of the molecule is Cc1ccccc1C(=O)NC(CC(C)C)C(=O)NC1CCOC1O. The number of rotatable bonds is 6. The van der Waals surface area contributed by atoms with Crippen molar-refractivity contribution < 1.29 is 19.4 Å². The van der Waals surface area contributed by atoms with Gasteiger partial charge in [0, 0.05) is 5.56 Å². The zero-order valence-corrected chi connectivity index (χ0v) is 14.4. The van der Waals surface area contributed by atoms with E-state index in [0.717, 1.165) is 5.56 Å². The Hall–Kier alpha value is -1.92. The Morgan fingerprint density at radius 2 is 2.04 bits per heavy atom. The summed E-state index contributed by atoms with van der Waals surface area (Å²) in [7, 11) is 0. The van der Waals surface area contributed by atoms with Crippen LogP contribution in [0.3, 0.4) is 0 Å². The smallest absolute Gasteiger partial charge is 0.252 e. The predicted octanol–water partition coefficient (Wildman–Crippen LogP) is 1.36. The molecule has 3 atom stereocenters. The Balaban J connectivity index is 2.06. The first-order chi connectivity index (χ1) is 11.4. The fourth-order valence-corrected chi connectivity index (χ4v) is 2.77. The van der Waals surface area contributed by atoms with Crippen molar-refractivity contribution in [3.8, 4) is 0 Å². The van der Waals surface area contributed by atoms with Gasteiger partial charge in [0.15, 0.2) is 6.29 Å². The summed E-state index contributed by atoms with van der Waals surface area (Å²) >= 11 is 0. The third-order valence-corrected chi connectivity index (χ3v) is 4.11. The van der Waals surface area contributed by atoms with Crippen LogP contribution in [-0.4, -0.2) is 41.9 Å². The van der Waals surface area contributed by atoms with Crippen molar-refractivity contribution >= 4 is 11.8 Å². The number of amides is 2. The third-order valence-electron chi connectivity index (χ3n) is 4.11. The molecule has 1 heterocycles. The molecule has 6 nitrogen and oxygen atoms in total. The average Bonchev–Trinajstić information content (AvgIpc) is 2.91. The number of hydrogen-bond acceptors (Lipinski definition) is 4. The van der Waals surface area contributed by atoms with Crippen LogP contribution in [-0.2, 0) is 9.53 Å². The molecule has 2 amide bonds. The first kappa shape index (κ1) is 18.4. The number of aryl methyl sites for hydroxylation is 1. The zero-order chi connectivity index (χ0) is 17.7. The summed E-state index contributed by atoms with van der Waals surface area (Å²) in [6.07, 6.45) is 0.0981. The van der Waals surface area contributed by atoms with Gasteiger partial charge in [-0.25, -0.2) is 0 Å². The number of benzene rings is 1. The molecule has 0 aromatic heterocycles. The first-order valence-corrected chi connectivity index (χ1v) is 8.35. The van der Waals surface area contributed by atoms with E-state index < -0.39 is 18.4 Å². The molecule has 1 saturated heterocycles. The van der Waals surface area contributed by atoms with Crippen LogP contribution in [0.15, 0.2) is 24.3 Å². The highest BCUT2D eigenvalue weighted by Crippen LogP contribution is 2.13. The quantitative estimate of drug-likeness (QED) is 0.733. The Labute approximate surface area is 142 Å². The molecule has 1 aromatic rings. The lowest BCUT2D eigenvalue weighted by Gasteiger charge is -2.23. The number of aliphatic hydroxyl groups excluding tert-OH is 1. The predicted molar refractivity (Wildman–Crippen MR) is 90.4 cm³/mol. The second-order valence-electron chi connectivity index (χ2n) is 6.64. The molecule has 6 heteroatoms. The zero-order valence-electron chi connectivity index (χ0n) is 14.4. The Morgan fingerprint density at radius 1 is 1.33 bits per heavy atom. The summed E-state index contributed by atoms with van der Waals surface area (Å²) in [5, 5.41) is 15.3. The van der Waals surface area contributed by atoms with Gasteiger partial charge in [-0.2, -0.15) is 0 Å². The van der Waals surface area contributed by atoms with Crippen molar-refractivity contribution in [2.24, 2.45) is 5.92 Å². The maximum absolute atomic E-state index is 12.5. The molecule has 0 aliphatic carbocycles.